The van der Waals surface area contributed by atoms with E-state index in [2.05, 4.69) is 131 Å². The van der Waals surface area contributed by atoms with Gasteiger partial charge in [-0.2, -0.15) is 0 Å². The van der Waals surface area contributed by atoms with Crippen LogP contribution < -0.4 is 0 Å². The van der Waals surface area contributed by atoms with Crippen LogP contribution in [-0.2, 0) is 0 Å². The first-order valence-electron chi connectivity index (χ1n) is 17.1. The molecule has 0 aliphatic rings. The van der Waals surface area contributed by atoms with Crippen LogP contribution in [0.5, 0.6) is 0 Å². The monoisotopic (exact) mass is 666 g/mol. The van der Waals surface area contributed by atoms with Crippen molar-refractivity contribution in [3.8, 4) is 78.7 Å². The van der Waals surface area contributed by atoms with Gasteiger partial charge in [-0.15, -0.1) is 0 Å². The molecule has 0 amide bonds. The van der Waals surface area contributed by atoms with Crippen molar-refractivity contribution in [2.75, 3.05) is 0 Å². The molecule has 9 aromatic rings. The summed E-state index contributed by atoms with van der Waals surface area (Å²) in [4.78, 5) is 28.4. The maximum Gasteiger partial charge on any atom is 0.165 e. The van der Waals surface area contributed by atoms with Gasteiger partial charge in [0.05, 0.1) is 5.52 Å². The molecule has 0 fully saturated rings. The molecule has 0 radical (unpaired) electrons. The Hall–Kier alpha value is -7.18. The number of benzene rings is 5. The fraction of sp³-hybridized carbons (Fsp3) is 0. The molecule has 0 bridgehead atoms. The standard InChI is InChI=1S/C46H30N6/c1-3-11-31(12-4-1)37-25-38(32-13-5-2-6-14-32)27-39(26-37)40-21-20-34(28-42(40)41-19-7-15-33-16-10-24-49-43(33)41)44-50-45(35-17-8-22-47-29-35)52-46(51-44)36-18-9-23-48-30-36/h1-30H. The minimum Gasteiger partial charge on any atom is -0.264 e. The topological polar surface area (TPSA) is 77.3 Å². The summed E-state index contributed by atoms with van der Waals surface area (Å²) in [6, 6.07) is 52.5. The number of fused-ring (bicyclic) bond motifs is 1. The third-order valence-corrected chi connectivity index (χ3v) is 9.13. The predicted molar refractivity (Wildman–Crippen MR) is 209 cm³/mol. The Balaban J connectivity index is 1.30. The number of rotatable bonds is 7. The van der Waals surface area contributed by atoms with Crippen molar-refractivity contribution in [3.63, 3.8) is 0 Å². The average molecular weight is 667 g/mol. The molecular weight excluding hydrogens is 637 g/mol. The summed E-state index contributed by atoms with van der Waals surface area (Å²) in [5, 5.41) is 1.07. The van der Waals surface area contributed by atoms with E-state index in [4.69, 9.17) is 19.9 Å². The van der Waals surface area contributed by atoms with Gasteiger partial charge in [0.15, 0.2) is 17.5 Å². The van der Waals surface area contributed by atoms with E-state index >= 15 is 0 Å². The van der Waals surface area contributed by atoms with Gasteiger partial charge in [0.25, 0.3) is 0 Å². The SMILES string of the molecule is c1ccc(-c2cc(-c3ccccc3)cc(-c3ccc(-c4nc(-c5cccnc5)nc(-c5cccnc5)n4)cc3-c3cccc4cccnc34)c2)cc1. The molecule has 5 aromatic carbocycles. The summed E-state index contributed by atoms with van der Waals surface area (Å²) in [7, 11) is 0. The van der Waals surface area contributed by atoms with Gasteiger partial charge in [-0.25, -0.2) is 15.0 Å². The maximum atomic E-state index is 5.01. The summed E-state index contributed by atoms with van der Waals surface area (Å²) in [5.41, 5.74) is 12.2. The van der Waals surface area contributed by atoms with Crippen molar-refractivity contribution in [3.05, 3.63) is 183 Å². The van der Waals surface area contributed by atoms with E-state index in [-0.39, 0.29) is 0 Å². The lowest BCUT2D eigenvalue weighted by Gasteiger charge is -2.17. The van der Waals surface area contributed by atoms with Gasteiger partial charge >= 0.3 is 0 Å². The first kappa shape index (κ1) is 30.8. The summed E-state index contributed by atoms with van der Waals surface area (Å²) in [6.45, 7) is 0. The third kappa shape index (κ3) is 6.10. The van der Waals surface area contributed by atoms with Crippen molar-refractivity contribution in [1.29, 1.82) is 0 Å². The smallest absolute Gasteiger partial charge is 0.165 e. The lowest BCUT2D eigenvalue weighted by molar-refractivity contribution is 1.07. The maximum absolute atomic E-state index is 5.01. The van der Waals surface area contributed by atoms with Crippen LogP contribution in [0.1, 0.15) is 0 Å². The number of hydrogen-bond acceptors (Lipinski definition) is 6. The van der Waals surface area contributed by atoms with Crippen LogP contribution in [0.15, 0.2) is 183 Å². The Labute approximate surface area is 301 Å². The minimum atomic E-state index is 0.539. The summed E-state index contributed by atoms with van der Waals surface area (Å²) in [6.07, 6.45) is 8.88. The fourth-order valence-electron chi connectivity index (χ4n) is 6.61. The number of para-hydroxylation sites is 1. The van der Waals surface area contributed by atoms with Gasteiger partial charge < -0.3 is 0 Å². The van der Waals surface area contributed by atoms with Crippen LogP contribution in [0.2, 0.25) is 0 Å². The molecule has 6 nitrogen and oxygen atoms in total. The minimum absolute atomic E-state index is 0.539. The molecule has 9 rings (SSSR count). The molecule has 0 unspecified atom stereocenters. The molecule has 6 heteroatoms. The van der Waals surface area contributed by atoms with Crippen molar-refractivity contribution in [2.24, 2.45) is 0 Å². The van der Waals surface area contributed by atoms with Crippen LogP contribution in [0, 0.1) is 0 Å². The fourth-order valence-corrected chi connectivity index (χ4v) is 6.61. The van der Waals surface area contributed by atoms with Gasteiger partial charge in [0, 0.05) is 58.6 Å². The number of nitrogens with zero attached hydrogens (tertiary/aromatic N) is 6. The average Bonchev–Trinajstić information content (AvgIpc) is 3.24. The molecule has 0 saturated heterocycles. The zero-order valence-corrected chi connectivity index (χ0v) is 28.0. The van der Waals surface area contributed by atoms with E-state index in [9.17, 15) is 0 Å². The van der Waals surface area contributed by atoms with Crippen LogP contribution in [0.3, 0.4) is 0 Å². The lowest BCUT2D eigenvalue weighted by Crippen LogP contribution is -2.01. The highest BCUT2D eigenvalue weighted by atomic mass is 15.0. The lowest BCUT2D eigenvalue weighted by atomic mass is 9.88. The molecule has 0 aliphatic heterocycles. The molecular formula is C46H30N6. The molecule has 52 heavy (non-hydrogen) atoms. The normalized spacial score (nSPS) is 11.1. The van der Waals surface area contributed by atoms with E-state index in [1.54, 1.807) is 24.8 Å². The van der Waals surface area contributed by atoms with Crippen LogP contribution in [0.4, 0.5) is 0 Å². The largest absolute Gasteiger partial charge is 0.264 e. The highest BCUT2D eigenvalue weighted by Gasteiger charge is 2.18. The van der Waals surface area contributed by atoms with E-state index in [1.165, 1.54) is 0 Å². The molecule has 0 N–H and O–H groups in total. The molecule has 4 heterocycles. The Morgan fingerprint density at radius 3 is 1.44 bits per heavy atom. The Kier molecular flexibility index (Phi) is 8.08. The Morgan fingerprint density at radius 1 is 0.308 bits per heavy atom. The van der Waals surface area contributed by atoms with E-state index in [1.807, 2.05) is 36.5 Å². The van der Waals surface area contributed by atoms with Gasteiger partial charge in [0.1, 0.15) is 0 Å². The molecule has 0 atom stereocenters. The van der Waals surface area contributed by atoms with E-state index in [0.717, 1.165) is 72.1 Å². The number of aromatic nitrogens is 6. The first-order valence-corrected chi connectivity index (χ1v) is 17.1. The molecule has 0 spiro atoms. The van der Waals surface area contributed by atoms with Gasteiger partial charge in [-0.05, 0) is 93.5 Å². The van der Waals surface area contributed by atoms with Crippen LogP contribution in [0.25, 0.3) is 89.6 Å². The van der Waals surface area contributed by atoms with Crippen molar-refractivity contribution >= 4 is 10.9 Å². The molecule has 0 aliphatic carbocycles. The zero-order valence-electron chi connectivity index (χ0n) is 28.0. The number of hydrogen-bond donors (Lipinski definition) is 0. The quantitative estimate of drug-likeness (QED) is 0.168. The predicted octanol–water partition coefficient (Wildman–Crippen LogP) is 10.9. The van der Waals surface area contributed by atoms with Gasteiger partial charge in [-0.1, -0.05) is 97.1 Å². The van der Waals surface area contributed by atoms with Crippen molar-refractivity contribution in [2.45, 2.75) is 0 Å². The molecule has 4 aromatic heterocycles. The van der Waals surface area contributed by atoms with E-state index < -0.39 is 0 Å². The highest BCUT2D eigenvalue weighted by molar-refractivity contribution is 6.00. The summed E-state index contributed by atoms with van der Waals surface area (Å²) in [5.74, 6) is 1.63. The Morgan fingerprint density at radius 2 is 0.846 bits per heavy atom. The van der Waals surface area contributed by atoms with E-state index in [0.29, 0.717) is 17.5 Å². The first-order chi connectivity index (χ1) is 25.8. The molecule has 0 saturated carbocycles. The summed E-state index contributed by atoms with van der Waals surface area (Å²) >= 11 is 0. The van der Waals surface area contributed by atoms with Crippen molar-refractivity contribution in [1.82, 2.24) is 29.9 Å². The van der Waals surface area contributed by atoms with Crippen LogP contribution >= 0.6 is 0 Å². The third-order valence-electron chi connectivity index (χ3n) is 9.13. The van der Waals surface area contributed by atoms with Crippen molar-refractivity contribution < 1.29 is 0 Å². The van der Waals surface area contributed by atoms with Gasteiger partial charge in [0.2, 0.25) is 0 Å². The second-order valence-corrected chi connectivity index (χ2v) is 12.5. The Bertz CT molecular complexity index is 2540. The van der Waals surface area contributed by atoms with Gasteiger partial charge in [-0.3, -0.25) is 15.0 Å². The highest BCUT2D eigenvalue weighted by Crippen LogP contribution is 2.41. The second-order valence-electron chi connectivity index (χ2n) is 12.5. The van der Waals surface area contributed by atoms with Crippen LogP contribution in [-0.4, -0.2) is 29.9 Å². The summed E-state index contributed by atoms with van der Waals surface area (Å²) < 4.78 is 0. The second kappa shape index (κ2) is 13.6. The molecule has 244 valence electrons. The number of pyridine rings is 3. The zero-order chi connectivity index (χ0) is 34.7.